The van der Waals surface area contributed by atoms with Gasteiger partial charge in [-0.3, -0.25) is 9.59 Å². The highest BCUT2D eigenvalue weighted by Crippen LogP contribution is 2.27. The van der Waals surface area contributed by atoms with E-state index >= 15 is 0 Å². The molecule has 0 saturated carbocycles. The number of aromatic carboxylic acids is 2. The Bertz CT molecular complexity index is 1420. The number of nitrogens with one attached hydrogen (secondary N) is 1. The number of pyridine rings is 1. The van der Waals surface area contributed by atoms with Gasteiger partial charge >= 0.3 is 17.9 Å². The lowest BCUT2D eigenvalue weighted by molar-refractivity contribution is -0.136. The number of benzene rings is 3. The Morgan fingerprint density at radius 2 is 1.29 bits per heavy atom. The molecule has 4 N–H and O–H groups in total. The van der Waals surface area contributed by atoms with Crippen molar-refractivity contribution in [1.29, 1.82) is 0 Å². The fraction of sp³-hybridized carbons (Fsp3) is 0.111. The van der Waals surface area contributed by atoms with Gasteiger partial charge in [-0.05, 0) is 53.6 Å². The molecule has 0 aliphatic carbocycles. The molecular weight excluding hydrogens is 450 g/mol. The standard InChI is InChI=1S/C18H15NO3.C9H8O4/c20-16(21)11-10-14-13-8-4-5-9-15(13)18(22)19-17(14)12-6-2-1-3-7-12;1-5-6(8(10)11)3-2-4-7(5)9(12)13/h1-9H,10-11H2,(H,19,22)(H,20,21);2-4H,1H3,(H,10,11)(H,12,13). The van der Waals surface area contributed by atoms with E-state index in [0.29, 0.717) is 17.5 Å². The number of carboxylic acids is 3. The number of fused-ring (bicyclic) bond motifs is 1. The Labute approximate surface area is 200 Å². The molecule has 0 atom stereocenters. The van der Waals surface area contributed by atoms with Crippen LogP contribution in [0.5, 0.6) is 0 Å². The molecule has 8 nitrogen and oxygen atoms in total. The fourth-order valence-electron chi connectivity index (χ4n) is 3.78. The molecule has 0 amide bonds. The summed E-state index contributed by atoms with van der Waals surface area (Å²) in [5.74, 6) is -3.07. The molecule has 1 heterocycles. The number of aliphatic carboxylic acids is 1. The van der Waals surface area contributed by atoms with Gasteiger partial charge in [0, 0.05) is 11.8 Å². The zero-order valence-corrected chi connectivity index (χ0v) is 18.8. The molecular formula is C27H23NO7. The quantitative estimate of drug-likeness (QED) is 0.320. The van der Waals surface area contributed by atoms with Gasteiger partial charge in [0.2, 0.25) is 0 Å². The lowest BCUT2D eigenvalue weighted by Gasteiger charge is -2.12. The van der Waals surface area contributed by atoms with Gasteiger partial charge < -0.3 is 20.3 Å². The molecule has 178 valence electrons. The second-order valence-corrected chi connectivity index (χ2v) is 7.70. The normalized spacial score (nSPS) is 10.3. The van der Waals surface area contributed by atoms with E-state index in [1.165, 1.54) is 25.1 Å². The van der Waals surface area contributed by atoms with Crippen LogP contribution in [0.1, 0.15) is 38.3 Å². The number of hydrogen-bond acceptors (Lipinski definition) is 4. The first-order valence-corrected chi connectivity index (χ1v) is 10.7. The van der Waals surface area contributed by atoms with Crippen molar-refractivity contribution in [2.45, 2.75) is 19.8 Å². The minimum Gasteiger partial charge on any atom is -0.481 e. The molecule has 0 aliphatic heterocycles. The van der Waals surface area contributed by atoms with Crippen LogP contribution in [-0.2, 0) is 11.2 Å². The van der Waals surface area contributed by atoms with Crippen molar-refractivity contribution in [1.82, 2.24) is 4.98 Å². The van der Waals surface area contributed by atoms with Crippen LogP contribution in [0, 0.1) is 6.92 Å². The van der Waals surface area contributed by atoms with Gasteiger partial charge in [-0.15, -0.1) is 0 Å². The number of aromatic nitrogens is 1. The summed E-state index contributed by atoms with van der Waals surface area (Å²) in [7, 11) is 0. The van der Waals surface area contributed by atoms with Gasteiger partial charge in [0.25, 0.3) is 5.56 Å². The molecule has 0 bridgehead atoms. The number of aryl methyl sites for hydroxylation is 1. The van der Waals surface area contributed by atoms with Crippen molar-refractivity contribution in [3.63, 3.8) is 0 Å². The number of carbonyl (C=O) groups is 3. The monoisotopic (exact) mass is 473 g/mol. The van der Waals surface area contributed by atoms with Crippen LogP contribution in [0.3, 0.4) is 0 Å². The van der Waals surface area contributed by atoms with E-state index in [1.54, 1.807) is 12.1 Å². The molecule has 0 fully saturated rings. The number of aromatic amines is 1. The summed E-state index contributed by atoms with van der Waals surface area (Å²) in [6, 6.07) is 21.0. The van der Waals surface area contributed by atoms with Crippen molar-refractivity contribution in [2.75, 3.05) is 0 Å². The predicted molar refractivity (Wildman–Crippen MR) is 131 cm³/mol. The average Bonchev–Trinajstić information content (AvgIpc) is 2.84. The Morgan fingerprint density at radius 1 is 0.743 bits per heavy atom. The van der Waals surface area contributed by atoms with E-state index in [-0.39, 0.29) is 28.7 Å². The molecule has 3 aromatic carbocycles. The molecule has 0 saturated heterocycles. The smallest absolute Gasteiger partial charge is 0.335 e. The lowest BCUT2D eigenvalue weighted by Crippen LogP contribution is -2.11. The summed E-state index contributed by atoms with van der Waals surface area (Å²) in [5, 5.41) is 27.7. The molecule has 1 aromatic heterocycles. The highest BCUT2D eigenvalue weighted by Gasteiger charge is 2.14. The van der Waals surface area contributed by atoms with Crippen LogP contribution >= 0.6 is 0 Å². The second-order valence-electron chi connectivity index (χ2n) is 7.70. The van der Waals surface area contributed by atoms with Crippen molar-refractivity contribution in [3.8, 4) is 11.3 Å². The van der Waals surface area contributed by atoms with E-state index in [1.807, 2.05) is 42.5 Å². The molecule has 4 aromatic rings. The van der Waals surface area contributed by atoms with E-state index in [4.69, 9.17) is 15.3 Å². The Morgan fingerprint density at radius 3 is 1.83 bits per heavy atom. The van der Waals surface area contributed by atoms with Crippen LogP contribution in [0.25, 0.3) is 22.0 Å². The average molecular weight is 473 g/mol. The fourth-order valence-corrected chi connectivity index (χ4v) is 3.78. The zero-order valence-electron chi connectivity index (χ0n) is 18.8. The predicted octanol–water partition coefficient (Wildman–Crippen LogP) is 4.60. The van der Waals surface area contributed by atoms with E-state index in [0.717, 1.165) is 16.5 Å². The van der Waals surface area contributed by atoms with Crippen molar-refractivity contribution in [2.24, 2.45) is 0 Å². The maximum absolute atomic E-state index is 12.3. The SMILES string of the molecule is Cc1c(C(=O)O)cccc1C(=O)O.O=C(O)CCc1c(-c2ccccc2)[nH]c(=O)c2ccccc12. The van der Waals surface area contributed by atoms with Crippen molar-refractivity contribution >= 4 is 28.7 Å². The molecule has 0 spiro atoms. The first kappa shape index (κ1) is 24.9. The maximum Gasteiger partial charge on any atom is 0.335 e. The molecule has 0 aliphatic rings. The largest absolute Gasteiger partial charge is 0.481 e. The number of hydrogen-bond donors (Lipinski definition) is 4. The van der Waals surface area contributed by atoms with Crippen LogP contribution in [0.2, 0.25) is 0 Å². The van der Waals surface area contributed by atoms with E-state index in [9.17, 15) is 19.2 Å². The van der Waals surface area contributed by atoms with Gasteiger partial charge in [0.15, 0.2) is 0 Å². The Hall–Kier alpha value is -4.72. The first-order chi connectivity index (χ1) is 16.7. The number of rotatable bonds is 6. The minimum atomic E-state index is -1.11. The molecule has 8 heteroatoms. The van der Waals surface area contributed by atoms with Gasteiger partial charge in [0.1, 0.15) is 0 Å². The summed E-state index contributed by atoms with van der Waals surface area (Å²) < 4.78 is 0. The van der Waals surface area contributed by atoms with Crippen LogP contribution in [0.4, 0.5) is 0 Å². The van der Waals surface area contributed by atoms with Crippen LogP contribution < -0.4 is 5.56 Å². The van der Waals surface area contributed by atoms with Crippen LogP contribution in [-0.4, -0.2) is 38.2 Å². The Kier molecular flexibility index (Phi) is 7.78. The second kappa shape index (κ2) is 10.9. The van der Waals surface area contributed by atoms with Gasteiger partial charge in [0.05, 0.1) is 16.8 Å². The highest BCUT2D eigenvalue weighted by atomic mass is 16.4. The first-order valence-electron chi connectivity index (χ1n) is 10.7. The lowest BCUT2D eigenvalue weighted by atomic mass is 9.96. The number of H-pyrrole nitrogens is 1. The molecule has 0 unspecified atom stereocenters. The van der Waals surface area contributed by atoms with Crippen molar-refractivity contribution in [3.05, 3.63) is 105 Å². The third kappa shape index (κ3) is 5.80. The zero-order chi connectivity index (χ0) is 25.5. The van der Waals surface area contributed by atoms with Gasteiger partial charge in [-0.2, -0.15) is 0 Å². The van der Waals surface area contributed by atoms with Crippen molar-refractivity contribution < 1.29 is 29.7 Å². The van der Waals surface area contributed by atoms with Crippen LogP contribution in [0.15, 0.2) is 77.6 Å². The summed E-state index contributed by atoms with van der Waals surface area (Å²) in [6.45, 7) is 1.48. The summed E-state index contributed by atoms with van der Waals surface area (Å²) in [5.41, 5.74) is 2.62. The third-order valence-electron chi connectivity index (χ3n) is 5.48. The minimum absolute atomic E-state index is 0.0237. The van der Waals surface area contributed by atoms with Gasteiger partial charge in [-0.1, -0.05) is 54.6 Å². The summed E-state index contributed by atoms with van der Waals surface area (Å²) >= 11 is 0. The van der Waals surface area contributed by atoms with Gasteiger partial charge in [-0.25, -0.2) is 9.59 Å². The summed E-state index contributed by atoms with van der Waals surface area (Å²) in [6.07, 6.45) is 0.396. The highest BCUT2D eigenvalue weighted by molar-refractivity contribution is 5.96. The third-order valence-corrected chi connectivity index (χ3v) is 5.48. The summed E-state index contributed by atoms with van der Waals surface area (Å²) in [4.78, 5) is 47.4. The maximum atomic E-state index is 12.3. The number of carboxylic acid groups (broad SMARTS) is 3. The van der Waals surface area contributed by atoms with E-state index in [2.05, 4.69) is 4.98 Å². The molecule has 4 rings (SSSR count). The molecule has 35 heavy (non-hydrogen) atoms. The molecule has 0 radical (unpaired) electrons. The topological polar surface area (TPSA) is 145 Å². The van der Waals surface area contributed by atoms with E-state index < -0.39 is 17.9 Å². The Balaban J connectivity index is 0.000000225.